The van der Waals surface area contributed by atoms with Crippen LogP contribution in [0.15, 0.2) is 27.1 Å². The molecule has 1 amide bonds. The lowest BCUT2D eigenvalue weighted by atomic mass is 10.1. The first kappa shape index (κ1) is 13.1. The summed E-state index contributed by atoms with van der Waals surface area (Å²) in [6.45, 7) is 0.696. The normalized spacial score (nSPS) is 16.6. The van der Waals surface area contributed by atoms with Crippen molar-refractivity contribution in [3.8, 4) is 0 Å². The van der Waals surface area contributed by atoms with E-state index in [2.05, 4.69) is 37.2 Å². The van der Waals surface area contributed by atoms with Crippen molar-refractivity contribution < 1.29 is 9.90 Å². The molecule has 1 aliphatic carbocycles. The summed E-state index contributed by atoms with van der Waals surface area (Å²) in [5, 5.41) is 12.0. The number of hydrogen-bond acceptors (Lipinski definition) is 2. The summed E-state index contributed by atoms with van der Waals surface area (Å²) in [4.78, 5) is 11.9. The number of carbonyl (C=O) groups is 1. The topological polar surface area (TPSA) is 49.3 Å². The molecule has 0 aliphatic heterocycles. The zero-order valence-electron chi connectivity index (χ0n) is 9.17. The molecular weight excluding hydrogens is 350 g/mol. The Hall–Kier alpha value is -0.390. The summed E-state index contributed by atoms with van der Waals surface area (Å²) in [6, 6.07) is 5.43. The van der Waals surface area contributed by atoms with Crippen LogP contribution >= 0.6 is 31.9 Å². The van der Waals surface area contributed by atoms with Gasteiger partial charge in [-0.15, -0.1) is 0 Å². The van der Waals surface area contributed by atoms with Crippen molar-refractivity contribution in [2.75, 3.05) is 13.2 Å². The Kier molecular flexibility index (Phi) is 3.90. The molecule has 2 N–H and O–H groups in total. The maximum Gasteiger partial charge on any atom is 0.251 e. The molecule has 0 atom stereocenters. The van der Waals surface area contributed by atoms with Crippen molar-refractivity contribution in [1.29, 1.82) is 0 Å². The smallest absolute Gasteiger partial charge is 0.251 e. The molecule has 17 heavy (non-hydrogen) atoms. The highest BCUT2D eigenvalue weighted by molar-refractivity contribution is 9.11. The maximum absolute atomic E-state index is 11.9. The van der Waals surface area contributed by atoms with Gasteiger partial charge in [0.1, 0.15) is 0 Å². The molecule has 1 aromatic rings. The van der Waals surface area contributed by atoms with Crippen molar-refractivity contribution in [3.05, 3.63) is 32.7 Å². The first-order valence-corrected chi connectivity index (χ1v) is 6.98. The Bertz CT molecular complexity index is 424. The van der Waals surface area contributed by atoms with Crippen LogP contribution in [0, 0.1) is 5.41 Å². The monoisotopic (exact) mass is 361 g/mol. The second kappa shape index (κ2) is 5.08. The second-order valence-corrected chi connectivity index (χ2v) is 6.33. The van der Waals surface area contributed by atoms with Crippen LogP contribution in [0.5, 0.6) is 0 Å². The number of halogens is 2. The average Bonchev–Trinajstić information content (AvgIpc) is 3.05. The summed E-state index contributed by atoms with van der Waals surface area (Å²) in [5.41, 5.74) is 0.554. The second-order valence-electron chi connectivity index (χ2n) is 4.50. The van der Waals surface area contributed by atoms with E-state index in [0.717, 1.165) is 21.8 Å². The van der Waals surface area contributed by atoms with Gasteiger partial charge in [-0.25, -0.2) is 0 Å². The molecule has 0 spiro atoms. The van der Waals surface area contributed by atoms with Gasteiger partial charge < -0.3 is 10.4 Å². The number of aliphatic hydroxyl groups excluding tert-OH is 1. The SMILES string of the molecule is O=C(NCC1(CO)CC1)c1cc(Br)cc(Br)c1. The third kappa shape index (κ3) is 3.30. The minimum absolute atomic E-state index is 0.0566. The summed E-state index contributed by atoms with van der Waals surface area (Å²) in [6.07, 6.45) is 1.98. The highest BCUT2D eigenvalue weighted by Crippen LogP contribution is 2.44. The predicted molar refractivity (Wildman–Crippen MR) is 72.9 cm³/mol. The Morgan fingerprint density at radius 2 is 1.88 bits per heavy atom. The lowest BCUT2D eigenvalue weighted by Crippen LogP contribution is -2.31. The number of benzene rings is 1. The van der Waals surface area contributed by atoms with E-state index in [-0.39, 0.29) is 17.9 Å². The molecule has 1 aromatic carbocycles. The number of nitrogens with one attached hydrogen (secondary N) is 1. The van der Waals surface area contributed by atoms with E-state index in [1.54, 1.807) is 12.1 Å². The van der Waals surface area contributed by atoms with Crippen LogP contribution in [0.2, 0.25) is 0 Å². The van der Waals surface area contributed by atoms with Crippen LogP contribution in [-0.2, 0) is 0 Å². The molecule has 0 heterocycles. The van der Waals surface area contributed by atoms with Gasteiger partial charge in [-0.1, -0.05) is 31.9 Å². The lowest BCUT2D eigenvalue weighted by Gasteiger charge is -2.12. The van der Waals surface area contributed by atoms with Gasteiger partial charge in [0.2, 0.25) is 0 Å². The third-order valence-corrected chi connectivity index (χ3v) is 3.96. The molecule has 1 saturated carbocycles. The zero-order chi connectivity index (χ0) is 12.5. The molecule has 3 nitrogen and oxygen atoms in total. The molecule has 5 heteroatoms. The largest absolute Gasteiger partial charge is 0.396 e. The first-order valence-electron chi connectivity index (χ1n) is 5.40. The van der Waals surface area contributed by atoms with Crippen LogP contribution in [0.3, 0.4) is 0 Å². The third-order valence-electron chi connectivity index (χ3n) is 3.04. The molecule has 0 unspecified atom stereocenters. The number of hydrogen-bond donors (Lipinski definition) is 2. The maximum atomic E-state index is 11.9. The molecule has 2 rings (SSSR count). The Balaban J connectivity index is 1.99. The van der Waals surface area contributed by atoms with Crippen LogP contribution in [-0.4, -0.2) is 24.2 Å². The highest BCUT2D eigenvalue weighted by atomic mass is 79.9. The van der Waals surface area contributed by atoms with E-state index >= 15 is 0 Å². The quantitative estimate of drug-likeness (QED) is 0.865. The predicted octanol–water partition coefficient (Wildman–Crippen LogP) is 2.71. The molecule has 1 aliphatic rings. The van der Waals surface area contributed by atoms with E-state index < -0.39 is 0 Å². The summed E-state index contributed by atoms with van der Waals surface area (Å²) in [7, 11) is 0. The molecule has 0 radical (unpaired) electrons. The van der Waals surface area contributed by atoms with Crippen molar-refractivity contribution in [3.63, 3.8) is 0 Å². The van der Waals surface area contributed by atoms with Crippen molar-refractivity contribution >= 4 is 37.8 Å². The number of carbonyl (C=O) groups excluding carboxylic acids is 1. The van der Waals surface area contributed by atoms with Crippen LogP contribution < -0.4 is 5.32 Å². The number of amides is 1. The first-order chi connectivity index (χ1) is 8.04. The summed E-state index contributed by atoms with van der Waals surface area (Å²) in [5.74, 6) is -0.105. The van der Waals surface area contributed by atoms with Crippen LogP contribution in [0.25, 0.3) is 0 Å². The minimum Gasteiger partial charge on any atom is -0.396 e. The Morgan fingerprint density at radius 1 is 1.29 bits per heavy atom. The van der Waals surface area contributed by atoms with Gasteiger partial charge in [0.25, 0.3) is 5.91 Å². The van der Waals surface area contributed by atoms with Crippen molar-refractivity contribution in [2.45, 2.75) is 12.8 Å². The molecule has 0 saturated heterocycles. The standard InChI is InChI=1S/C12H13Br2NO2/c13-9-3-8(4-10(14)5-9)11(17)15-6-12(7-16)1-2-12/h3-5,16H,1-2,6-7H2,(H,15,17). The van der Waals surface area contributed by atoms with Gasteiger partial charge in [0.15, 0.2) is 0 Å². The zero-order valence-corrected chi connectivity index (χ0v) is 12.3. The van der Waals surface area contributed by atoms with Gasteiger partial charge >= 0.3 is 0 Å². The van der Waals surface area contributed by atoms with Crippen molar-refractivity contribution in [1.82, 2.24) is 5.32 Å². The summed E-state index contributed by atoms with van der Waals surface area (Å²) < 4.78 is 1.72. The van der Waals surface area contributed by atoms with E-state index in [9.17, 15) is 4.79 Å². The minimum atomic E-state index is -0.105. The molecular formula is C12H13Br2NO2. The van der Waals surface area contributed by atoms with Gasteiger partial charge in [0, 0.05) is 26.5 Å². The molecule has 0 bridgehead atoms. The van der Waals surface area contributed by atoms with Gasteiger partial charge in [-0.3, -0.25) is 4.79 Å². The number of rotatable bonds is 4. The van der Waals surface area contributed by atoms with Crippen molar-refractivity contribution in [2.24, 2.45) is 5.41 Å². The van der Waals surface area contributed by atoms with E-state index in [0.29, 0.717) is 12.1 Å². The fourth-order valence-electron chi connectivity index (χ4n) is 1.62. The Morgan fingerprint density at radius 3 is 2.35 bits per heavy atom. The fraction of sp³-hybridized carbons (Fsp3) is 0.417. The molecule has 0 aromatic heterocycles. The van der Waals surface area contributed by atoms with E-state index in [4.69, 9.17) is 5.11 Å². The average molecular weight is 363 g/mol. The van der Waals surface area contributed by atoms with Gasteiger partial charge in [-0.2, -0.15) is 0 Å². The number of aliphatic hydroxyl groups is 1. The van der Waals surface area contributed by atoms with Crippen LogP contribution in [0.1, 0.15) is 23.2 Å². The lowest BCUT2D eigenvalue weighted by molar-refractivity contribution is 0.0935. The fourth-order valence-corrected chi connectivity index (χ4v) is 2.92. The van der Waals surface area contributed by atoms with Crippen LogP contribution in [0.4, 0.5) is 0 Å². The van der Waals surface area contributed by atoms with E-state index in [1.165, 1.54) is 0 Å². The highest BCUT2D eigenvalue weighted by Gasteiger charge is 2.42. The van der Waals surface area contributed by atoms with Gasteiger partial charge in [-0.05, 0) is 31.0 Å². The van der Waals surface area contributed by atoms with E-state index in [1.807, 2.05) is 6.07 Å². The molecule has 1 fully saturated rings. The van der Waals surface area contributed by atoms with Gasteiger partial charge in [0.05, 0.1) is 6.61 Å². The summed E-state index contributed by atoms with van der Waals surface area (Å²) >= 11 is 6.70. The Labute approximate surface area is 117 Å². The molecule has 92 valence electrons.